The molecule has 2 aromatic heterocycles. The van der Waals surface area contributed by atoms with Gasteiger partial charge in [-0.1, -0.05) is 36.4 Å². The molecule has 5 rings (SSSR count). The summed E-state index contributed by atoms with van der Waals surface area (Å²) in [5.74, 6) is -3.49. The zero-order chi connectivity index (χ0) is 30.5. The maximum Gasteiger partial charge on any atom is 0.352 e. The summed E-state index contributed by atoms with van der Waals surface area (Å²) in [6, 6.07) is 13.6. The second-order valence-corrected chi connectivity index (χ2v) is 11.7. The van der Waals surface area contributed by atoms with Gasteiger partial charge in [-0.15, -0.1) is 23.1 Å². The summed E-state index contributed by atoms with van der Waals surface area (Å²) in [5, 5.41) is 16.5. The maximum atomic E-state index is 13.5. The van der Waals surface area contributed by atoms with E-state index in [1.165, 1.54) is 24.9 Å². The Balaban J connectivity index is 1.29. The van der Waals surface area contributed by atoms with Crippen molar-refractivity contribution in [2.75, 3.05) is 12.4 Å². The highest BCUT2D eigenvalue weighted by Gasteiger charge is 2.54. The predicted molar refractivity (Wildman–Crippen MR) is 160 cm³/mol. The summed E-state index contributed by atoms with van der Waals surface area (Å²) in [4.78, 5) is 69.5. The highest BCUT2D eigenvalue weighted by molar-refractivity contribution is 8.00. The van der Waals surface area contributed by atoms with Crippen LogP contribution in [0, 0.1) is 0 Å². The van der Waals surface area contributed by atoms with E-state index < -0.39 is 47.1 Å². The third kappa shape index (κ3) is 6.68. The van der Waals surface area contributed by atoms with Gasteiger partial charge >= 0.3 is 11.9 Å². The molecule has 1 saturated heterocycles. The summed E-state index contributed by atoms with van der Waals surface area (Å²) in [6.45, 7) is 0.957. The Kier molecular flexibility index (Phi) is 9.02. The van der Waals surface area contributed by atoms with Crippen molar-refractivity contribution in [3.05, 3.63) is 99.1 Å². The van der Waals surface area contributed by atoms with Crippen molar-refractivity contribution in [3.63, 3.8) is 0 Å². The Morgan fingerprint density at radius 1 is 1.12 bits per heavy atom. The average molecular weight is 619 g/mol. The Bertz CT molecular complexity index is 1600. The minimum Gasteiger partial charge on any atom is -0.477 e. The molecular weight excluding hydrogens is 592 g/mol. The normalized spacial score (nSPS) is 18.4. The number of esters is 1. The lowest BCUT2D eigenvalue weighted by Gasteiger charge is -2.49. The summed E-state index contributed by atoms with van der Waals surface area (Å²) in [6.07, 6.45) is 5.18. The quantitative estimate of drug-likeness (QED) is 0.230. The topological polar surface area (TPSA) is 155 Å². The first-order valence-corrected chi connectivity index (χ1v) is 15.0. The number of thioether (sulfide) groups is 1. The van der Waals surface area contributed by atoms with E-state index in [-0.39, 0.29) is 29.2 Å². The van der Waals surface area contributed by atoms with Crippen LogP contribution in [0.25, 0.3) is 12.2 Å². The van der Waals surface area contributed by atoms with Gasteiger partial charge in [-0.25, -0.2) is 4.79 Å². The monoisotopic (exact) mass is 618 g/mol. The third-order valence-electron chi connectivity index (χ3n) is 6.68. The third-order valence-corrected chi connectivity index (χ3v) is 8.86. The van der Waals surface area contributed by atoms with Gasteiger partial charge in [-0.2, -0.15) is 0 Å². The molecule has 0 saturated carbocycles. The molecule has 3 N–H and O–H groups in total. The number of hydrogen-bond acceptors (Lipinski definition) is 9. The van der Waals surface area contributed by atoms with Gasteiger partial charge in [0.1, 0.15) is 29.8 Å². The van der Waals surface area contributed by atoms with E-state index in [0.29, 0.717) is 11.3 Å². The number of amides is 3. The summed E-state index contributed by atoms with van der Waals surface area (Å²) in [7, 11) is 0. The number of carbonyl (C=O) groups excluding carboxylic acids is 4. The number of benzene rings is 1. The number of aliphatic carboxylic acids is 1. The molecule has 0 radical (unpaired) electrons. The number of nitrogens with one attached hydrogen (secondary N) is 2. The zero-order valence-electron chi connectivity index (χ0n) is 22.8. The predicted octanol–water partition coefficient (Wildman–Crippen LogP) is 3.09. The SMILES string of the molecule is CC(=O)OCC1=C(C(=O)O)N2C(=O)[C@@H](NC(=O)C(NC(=O)c3ccc(C=Cc4cccs4)nc3)c3ccccc3)[C@H]2SC1. The van der Waals surface area contributed by atoms with Gasteiger partial charge in [0.2, 0.25) is 5.91 Å². The van der Waals surface area contributed by atoms with Crippen molar-refractivity contribution in [3.8, 4) is 0 Å². The smallest absolute Gasteiger partial charge is 0.352 e. The fraction of sp³-hybridized carbons (Fsp3) is 0.200. The van der Waals surface area contributed by atoms with Crippen molar-refractivity contribution >= 4 is 64.9 Å². The molecule has 2 aliphatic heterocycles. The van der Waals surface area contributed by atoms with Crippen LogP contribution in [0.4, 0.5) is 0 Å². The molecule has 3 atom stereocenters. The molecule has 43 heavy (non-hydrogen) atoms. The molecule has 220 valence electrons. The number of hydrogen-bond donors (Lipinski definition) is 3. The van der Waals surface area contributed by atoms with Gasteiger partial charge < -0.3 is 20.5 Å². The second kappa shape index (κ2) is 13.0. The number of aromatic nitrogens is 1. The van der Waals surface area contributed by atoms with Crippen LogP contribution >= 0.6 is 23.1 Å². The number of β-lactam (4-membered cyclic amide) rings is 1. The molecule has 11 nitrogen and oxygen atoms in total. The van der Waals surface area contributed by atoms with Crippen LogP contribution in [0.15, 0.2) is 77.4 Å². The first kappa shape index (κ1) is 29.7. The number of pyridine rings is 1. The number of fused-ring (bicyclic) bond motifs is 1. The minimum atomic E-state index is -1.33. The number of carboxylic acid groups (broad SMARTS) is 1. The van der Waals surface area contributed by atoms with Gasteiger partial charge in [-0.05, 0) is 41.3 Å². The van der Waals surface area contributed by atoms with Crippen LogP contribution in [0.5, 0.6) is 0 Å². The second-order valence-electron chi connectivity index (χ2n) is 9.57. The molecule has 1 fully saturated rings. The van der Waals surface area contributed by atoms with E-state index in [1.807, 2.05) is 29.7 Å². The summed E-state index contributed by atoms with van der Waals surface area (Å²) in [5.41, 5.74) is 1.43. The van der Waals surface area contributed by atoms with E-state index in [9.17, 15) is 29.1 Å². The van der Waals surface area contributed by atoms with Gasteiger partial charge in [0.15, 0.2) is 0 Å². The molecule has 1 unspecified atom stereocenters. The highest BCUT2D eigenvalue weighted by Crippen LogP contribution is 2.40. The van der Waals surface area contributed by atoms with Crippen LogP contribution in [-0.2, 0) is 23.9 Å². The van der Waals surface area contributed by atoms with E-state index in [0.717, 1.165) is 9.78 Å². The average Bonchev–Trinajstić information content (AvgIpc) is 3.54. The first-order chi connectivity index (χ1) is 20.7. The van der Waals surface area contributed by atoms with E-state index in [1.54, 1.807) is 53.8 Å². The van der Waals surface area contributed by atoms with E-state index in [2.05, 4.69) is 15.6 Å². The number of thiophene rings is 1. The molecule has 13 heteroatoms. The van der Waals surface area contributed by atoms with Gasteiger partial charge in [-0.3, -0.25) is 29.1 Å². The Morgan fingerprint density at radius 3 is 2.56 bits per heavy atom. The molecule has 1 aromatic carbocycles. The van der Waals surface area contributed by atoms with Gasteiger partial charge in [0.05, 0.1) is 11.3 Å². The molecule has 3 aromatic rings. The summed E-state index contributed by atoms with van der Waals surface area (Å²) < 4.78 is 4.96. The first-order valence-electron chi connectivity index (χ1n) is 13.1. The van der Waals surface area contributed by atoms with Crippen LogP contribution in [0.3, 0.4) is 0 Å². The van der Waals surface area contributed by atoms with E-state index in [4.69, 9.17) is 4.74 Å². The lowest BCUT2D eigenvalue weighted by Crippen LogP contribution is -2.71. The Morgan fingerprint density at radius 2 is 1.91 bits per heavy atom. The van der Waals surface area contributed by atoms with Crippen molar-refractivity contribution in [1.82, 2.24) is 20.5 Å². The Labute approximate surface area is 254 Å². The Hall–Kier alpha value is -4.75. The van der Waals surface area contributed by atoms with Gasteiger partial charge in [0, 0.05) is 29.3 Å². The lowest BCUT2D eigenvalue weighted by atomic mass is 10.0. The highest BCUT2D eigenvalue weighted by atomic mass is 32.2. The summed E-state index contributed by atoms with van der Waals surface area (Å²) >= 11 is 2.84. The largest absolute Gasteiger partial charge is 0.477 e. The van der Waals surface area contributed by atoms with Crippen LogP contribution in [0.1, 0.15) is 39.5 Å². The van der Waals surface area contributed by atoms with E-state index >= 15 is 0 Å². The molecule has 0 aliphatic carbocycles. The van der Waals surface area contributed by atoms with Crippen LogP contribution < -0.4 is 10.6 Å². The molecule has 0 bridgehead atoms. The number of carboxylic acids is 1. The number of nitrogens with zero attached hydrogens (tertiary/aromatic N) is 2. The number of carbonyl (C=O) groups is 5. The maximum absolute atomic E-state index is 13.5. The van der Waals surface area contributed by atoms with Crippen molar-refractivity contribution in [2.24, 2.45) is 0 Å². The minimum absolute atomic E-state index is 0.195. The number of rotatable bonds is 10. The standard InChI is InChI=1S/C30H26N4O7S2/c1-17(35)41-15-20-16-43-29-24(28(38)34(29)25(20)30(39)40)33-27(37)23(18-6-3-2-4-7-18)32-26(36)19-9-10-21(31-14-19)11-12-22-8-5-13-42-22/h2-14,23-24,29H,15-16H2,1H3,(H,32,36)(H,33,37)(H,39,40)/t23?,24-,29-/m1/s1. The fourth-order valence-electron chi connectivity index (χ4n) is 4.57. The molecule has 3 amide bonds. The van der Waals surface area contributed by atoms with Crippen molar-refractivity contribution < 1.29 is 33.8 Å². The van der Waals surface area contributed by atoms with Gasteiger partial charge in [0.25, 0.3) is 11.8 Å². The molecule has 2 aliphatic rings. The zero-order valence-corrected chi connectivity index (χ0v) is 24.4. The number of ether oxygens (including phenoxy) is 1. The molecule has 0 spiro atoms. The molecular formula is C30H26N4O7S2. The molecule has 4 heterocycles. The van der Waals surface area contributed by atoms with Crippen molar-refractivity contribution in [1.29, 1.82) is 0 Å². The van der Waals surface area contributed by atoms with Crippen LogP contribution in [0.2, 0.25) is 0 Å². The van der Waals surface area contributed by atoms with Crippen molar-refractivity contribution in [2.45, 2.75) is 24.4 Å². The lowest BCUT2D eigenvalue weighted by molar-refractivity contribution is -0.151. The van der Waals surface area contributed by atoms with Crippen LogP contribution in [-0.4, -0.2) is 68.4 Å². The fourth-order valence-corrected chi connectivity index (χ4v) is 6.52.